The number of anilines is 1. The van der Waals surface area contributed by atoms with Crippen molar-refractivity contribution in [2.75, 3.05) is 5.32 Å². The van der Waals surface area contributed by atoms with Gasteiger partial charge in [0, 0.05) is 12.2 Å². The summed E-state index contributed by atoms with van der Waals surface area (Å²) >= 11 is 5.25. The van der Waals surface area contributed by atoms with Gasteiger partial charge in [-0.15, -0.1) is 11.3 Å². The van der Waals surface area contributed by atoms with Crippen LogP contribution in [0.3, 0.4) is 0 Å². The molecule has 0 atom stereocenters. The summed E-state index contributed by atoms with van der Waals surface area (Å²) in [4.78, 5) is 0. The van der Waals surface area contributed by atoms with Gasteiger partial charge in [-0.1, -0.05) is 12.1 Å². The quantitative estimate of drug-likeness (QED) is 0.838. The van der Waals surface area contributed by atoms with Crippen molar-refractivity contribution in [1.29, 1.82) is 0 Å². The number of fused-ring (bicyclic) bond motifs is 1. The molecule has 2 aromatic rings. The van der Waals surface area contributed by atoms with E-state index in [9.17, 15) is 0 Å². The fourth-order valence-electron chi connectivity index (χ4n) is 2.58. The van der Waals surface area contributed by atoms with Gasteiger partial charge in [-0.2, -0.15) is 0 Å². The van der Waals surface area contributed by atoms with Crippen molar-refractivity contribution in [3.05, 3.63) is 50.1 Å². The highest BCUT2D eigenvalue weighted by Crippen LogP contribution is 2.28. The van der Waals surface area contributed by atoms with Crippen LogP contribution in [0.15, 0.2) is 33.4 Å². The van der Waals surface area contributed by atoms with Crippen molar-refractivity contribution in [1.82, 2.24) is 0 Å². The van der Waals surface area contributed by atoms with E-state index in [1.807, 2.05) is 0 Å². The Morgan fingerprint density at radius 1 is 1.22 bits per heavy atom. The van der Waals surface area contributed by atoms with Crippen molar-refractivity contribution in [2.45, 2.75) is 32.2 Å². The van der Waals surface area contributed by atoms with E-state index >= 15 is 0 Å². The molecule has 3 rings (SSSR count). The average Bonchev–Trinajstić information content (AvgIpc) is 2.82. The molecule has 94 valence electrons. The maximum atomic E-state index is 3.59. The van der Waals surface area contributed by atoms with Crippen molar-refractivity contribution >= 4 is 33.0 Å². The molecule has 1 aliphatic carbocycles. The first-order valence-corrected chi connectivity index (χ1v) is 8.08. The lowest BCUT2D eigenvalue weighted by Gasteiger charge is -2.20. The van der Waals surface area contributed by atoms with Crippen LogP contribution in [0, 0.1) is 0 Å². The maximum Gasteiger partial charge on any atom is 0.0701 e. The zero-order valence-electron chi connectivity index (χ0n) is 10.2. The Balaban J connectivity index is 1.76. The normalized spacial score (nSPS) is 14.3. The fourth-order valence-corrected chi connectivity index (χ4v) is 3.79. The summed E-state index contributed by atoms with van der Waals surface area (Å²) < 4.78 is 1.20. The van der Waals surface area contributed by atoms with Gasteiger partial charge in [-0.3, -0.25) is 0 Å². The molecule has 0 amide bonds. The largest absolute Gasteiger partial charge is 0.381 e. The molecule has 1 N–H and O–H groups in total. The monoisotopic (exact) mass is 321 g/mol. The minimum Gasteiger partial charge on any atom is -0.381 e. The number of thiophene rings is 1. The number of rotatable bonds is 3. The van der Waals surface area contributed by atoms with Crippen LogP contribution in [0.2, 0.25) is 0 Å². The van der Waals surface area contributed by atoms with Crippen molar-refractivity contribution in [2.24, 2.45) is 0 Å². The number of halogens is 1. The Morgan fingerprint density at radius 2 is 2.11 bits per heavy atom. The third-order valence-corrected chi connectivity index (χ3v) is 5.05. The van der Waals surface area contributed by atoms with Crippen molar-refractivity contribution in [3.63, 3.8) is 0 Å². The highest BCUT2D eigenvalue weighted by Gasteiger charge is 2.12. The van der Waals surface area contributed by atoms with E-state index in [-0.39, 0.29) is 0 Å². The van der Waals surface area contributed by atoms with Crippen LogP contribution in [-0.2, 0) is 19.4 Å². The molecule has 0 aliphatic heterocycles. The Morgan fingerprint density at radius 3 is 2.94 bits per heavy atom. The zero-order chi connectivity index (χ0) is 12.4. The van der Waals surface area contributed by atoms with Crippen LogP contribution < -0.4 is 5.32 Å². The number of hydrogen-bond donors (Lipinski definition) is 1. The van der Waals surface area contributed by atoms with E-state index in [1.165, 1.54) is 51.8 Å². The van der Waals surface area contributed by atoms with Gasteiger partial charge in [0.2, 0.25) is 0 Å². The van der Waals surface area contributed by atoms with Gasteiger partial charge in [0.15, 0.2) is 0 Å². The van der Waals surface area contributed by atoms with E-state index < -0.39 is 0 Å². The van der Waals surface area contributed by atoms with Gasteiger partial charge in [-0.25, -0.2) is 0 Å². The molecule has 1 aromatic carbocycles. The summed E-state index contributed by atoms with van der Waals surface area (Å²) in [5.74, 6) is 0. The average molecular weight is 322 g/mol. The molecule has 1 aromatic heterocycles. The molecule has 0 bridgehead atoms. The lowest BCUT2D eigenvalue weighted by molar-refractivity contribution is 0.686. The zero-order valence-corrected chi connectivity index (χ0v) is 12.6. The van der Waals surface area contributed by atoms with E-state index in [0.717, 1.165) is 6.54 Å². The second-order valence-electron chi connectivity index (χ2n) is 4.76. The van der Waals surface area contributed by atoms with Crippen LogP contribution in [-0.4, -0.2) is 0 Å². The summed E-state index contributed by atoms with van der Waals surface area (Å²) in [5, 5.41) is 5.79. The lowest BCUT2D eigenvalue weighted by Crippen LogP contribution is -2.08. The first kappa shape index (κ1) is 12.2. The molecule has 1 heterocycles. The Labute approximate surface area is 120 Å². The fraction of sp³-hybridized carbons (Fsp3) is 0.333. The summed E-state index contributed by atoms with van der Waals surface area (Å²) in [5.41, 5.74) is 5.76. The standard InChI is InChI=1S/C15H16BrNS/c16-15-8-11(10-18-15)9-17-14-7-3-5-12-4-1-2-6-13(12)14/h3,5,7-8,10,17H,1-2,4,6,9H2. The molecule has 0 fully saturated rings. The van der Waals surface area contributed by atoms with E-state index in [0.29, 0.717) is 0 Å². The molecule has 0 saturated carbocycles. The third-order valence-electron chi connectivity index (χ3n) is 3.50. The lowest BCUT2D eigenvalue weighted by atomic mass is 9.90. The molecule has 1 aliphatic rings. The Hall–Kier alpha value is -0.800. The molecule has 0 unspecified atom stereocenters. The molecule has 18 heavy (non-hydrogen) atoms. The Kier molecular flexibility index (Phi) is 3.71. The van der Waals surface area contributed by atoms with Crippen LogP contribution >= 0.6 is 27.3 Å². The number of aryl methyl sites for hydroxylation is 1. The van der Waals surface area contributed by atoms with Gasteiger partial charge in [-0.05, 0) is 75.8 Å². The van der Waals surface area contributed by atoms with Crippen LogP contribution in [0.25, 0.3) is 0 Å². The highest BCUT2D eigenvalue weighted by atomic mass is 79.9. The highest BCUT2D eigenvalue weighted by molar-refractivity contribution is 9.11. The molecule has 1 nitrogen and oxygen atoms in total. The van der Waals surface area contributed by atoms with Crippen molar-refractivity contribution < 1.29 is 0 Å². The summed E-state index contributed by atoms with van der Waals surface area (Å²) in [6, 6.07) is 8.86. The number of hydrogen-bond acceptors (Lipinski definition) is 2. The SMILES string of the molecule is Brc1cc(CNc2cccc3c2CCCC3)cs1. The molecular weight excluding hydrogens is 306 g/mol. The van der Waals surface area contributed by atoms with Crippen molar-refractivity contribution in [3.8, 4) is 0 Å². The van der Waals surface area contributed by atoms with Gasteiger partial charge < -0.3 is 5.32 Å². The van der Waals surface area contributed by atoms with Gasteiger partial charge in [0.25, 0.3) is 0 Å². The first-order chi connectivity index (χ1) is 8.83. The smallest absolute Gasteiger partial charge is 0.0701 e. The van der Waals surface area contributed by atoms with Crippen LogP contribution in [0.1, 0.15) is 29.5 Å². The Bertz CT molecular complexity index is 547. The molecule has 0 saturated heterocycles. The summed E-state index contributed by atoms with van der Waals surface area (Å²) in [7, 11) is 0. The second kappa shape index (κ2) is 5.45. The van der Waals surface area contributed by atoms with Crippen LogP contribution in [0.4, 0.5) is 5.69 Å². The van der Waals surface area contributed by atoms with Crippen LogP contribution in [0.5, 0.6) is 0 Å². The third kappa shape index (κ3) is 2.62. The molecule has 0 spiro atoms. The van der Waals surface area contributed by atoms with Gasteiger partial charge in [0.05, 0.1) is 3.79 Å². The number of benzene rings is 1. The second-order valence-corrected chi connectivity index (χ2v) is 7.05. The van der Waals surface area contributed by atoms with E-state index in [1.54, 1.807) is 11.3 Å². The van der Waals surface area contributed by atoms with Gasteiger partial charge in [0.1, 0.15) is 0 Å². The topological polar surface area (TPSA) is 12.0 Å². The predicted octanol–water partition coefficient (Wildman–Crippen LogP) is 5.00. The van der Waals surface area contributed by atoms with E-state index in [4.69, 9.17) is 0 Å². The molecular formula is C15H16BrNS. The predicted molar refractivity (Wildman–Crippen MR) is 82.4 cm³/mol. The van der Waals surface area contributed by atoms with E-state index in [2.05, 4.69) is 50.9 Å². The molecule has 0 radical (unpaired) electrons. The summed E-state index contributed by atoms with van der Waals surface area (Å²) in [6.07, 6.45) is 5.14. The summed E-state index contributed by atoms with van der Waals surface area (Å²) in [6.45, 7) is 0.915. The minimum atomic E-state index is 0.915. The van der Waals surface area contributed by atoms with Gasteiger partial charge >= 0.3 is 0 Å². The molecule has 3 heteroatoms. The number of nitrogens with one attached hydrogen (secondary N) is 1. The maximum absolute atomic E-state index is 3.59. The first-order valence-electron chi connectivity index (χ1n) is 6.40. The minimum absolute atomic E-state index is 0.915.